The number of ketones is 1. The van der Waals surface area contributed by atoms with Crippen LogP contribution in [0.15, 0.2) is 18.2 Å². The highest BCUT2D eigenvalue weighted by Crippen LogP contribution is 2.35. The lowest BCUT2D eigenvalue weighted by atomic mass is 9.94. The molecule has 2 atom stereocenters. The molecule has 0 unspecified atom stereocenters. The molecule has 1 saturated heterocycles. The van der Waals surface area contributed by atoms with Crippen molar-refractivity contribution < 1.29 is 14.3 Å². The number of carbonyl (C=O) groups is 2. The van der Waals surface area contributed by atoms with Gasteiger partial charge in [-0.1, -0.05) is 26.7 Å². The fraction of sp³-hybridized carbons (Fsp3) is 0.600. The van der Waals surface area contributed by atoms with Gasteiger partial charge in [0, 0.05) is 41.2 Å². The Morgan fingerprint density at radius 3 is 2.43 bits per heavy atom. The van der Waals surface area contributed by atoms with Crippen molar-refractivity contribution in [3.8, 4) is 5.75 Å². The molecule has 1 aliphatic heterocycles. The van der Waals surface area contributed by atoms with Crippen molar-refractivity contribution in [1.82, 2.24) is 9.47 Å². The van der Waals surface area contributed by atoms with Gasteiger partial charge in [0.2, 0.25) is 5.91 Å². The highest BCUT2D eigenvalue weighted by atomic mass is 16.5. The summed E-state index contributed by atoms with van der Waals surface area (Å²) in [5.41, 5.74) is 2.80. The monoisotopic (exact) mass is 410 g/mol. The van der Waals surface area contributed by atoms with Crippen molar-refractivity contribution >= 4 is 22.6 Å². The van der Waals surface area contributed by atoms with E-state index in [1.165, 1.54) is 0 Å². The molecular weight excluding hydrogens is 376 g/mol. The van der Waals surface area contributed by atoms with Crippen LogP contribution in [0.25, 0.3) is 10.9 Å². The second-order valence-corrected chi connectivity index (χ2v) is 8.83. The Hall–Kier alpha value is -2.30. The number of nitrogens with zero attached hydrogens (tertiary/aromatic N) is 2. The fourth-order valence-electron chi connectivity index (χ4n) is 5.62. The number of hydrogen-bond acceptors (Lipinski definition) is 3. The molecular formula is C25H34N2O3. The molecule has 5 nitrogen and oxygen atoms in total. The van der Waals surface area contributed by atoms with Crippen LogP contribution in [0.4, 0.5) is 0 Å². The van der Waals surface area contributed by atoms with E-state index in [9.17, 15) is 9.59 Å². The quantitative estimate of drug-likeness (QED) is 0.636. The van der Waals surface area contributed by atoms with Crippen LogP contribution in [0, 0.1) is 0 Å². The van der Waals surface area contributed by atoms with Gasteiger partial charge < -0.3 is 14.2 Å². The third-order valence-electron chi connectivity index (χ3n) is 6.92. The molecule has 0 spiro atoms. The van der Waals surface area contributed by atoms with Crippen LogP contribution in [0.5, 0.6) is 5.75 Å². The SMILES string of the molecule is CCC[C@@H]1CC[C@H](CCC)N1C(=O)Cn1c2c(c3ccc(OC)cc31)C(=O)CCC2. The molecule has 0 saturated carbocycles. The van der Waals surface area contributed by atoms with Crippen LogP contribution in [-0.4, -0.2) is 40.4 Å². The molecule has 2 aromatic rings. The molecule has 0 bridgehead atoms. The molecule has 1 fully saturated rings. The molecule has 1 amide bonds. The zero-order valence-electron chi connectivity index (χ0n) is 18.6. The molecule has 1 aliphatic carbocycles. The summed E-state index contributed by atoms with van der Waals surface area (Å²) in [4.78, 5) is 28.6. The largest absolute Gasteiger partial charge is 0.497 e. The van der Waals surface area contributed by atoms with Crippen molar-refractivity contribution in [2.75, 3.05) is 7.11 Å². The van der Waals surface area contributed by atoms with E-state index in [0.29, 0.717) is 25.0 Å². The maximum absolute atomic E-state index is 13.6. The first-order valence-corrected chi connectivity index (χ1v) is 11.6. The Balaban J connectivity index is 1.73. The van der Waals surface area contributed by atoms with E-state index >= 15 is 0 Å². The molecule has 162 valence electrons. The highest BCUT2D eigenvalue weighted by Gasteiger charge is 2.36. The van der Waals surface area contributed by atoms with Gasteiger partial charge in [-0.3, -0.25) is 9.59 Å². The maximum atomic E-state index is 13.6. The number of likely N-dealkylation sites (tertiary alicyclic amines) is 1. The minimum Gasteiger partial charge on any atom is -0.497 e. The number of benzene rings is 1. The Morgan fingerprint density at radius 1 is 1.10 bits per heavy atom. The molecule has 1 aromatic carbocycles. The van der Waals surface area contributed by atoms with Crippen molar-refractivity contribution in [2.24, 2.45) is 0 Å². The maximum Gasteiger partial charge on any atom is 0.243 e. The van der Waals surface area contributed by atoms with Gasteiger partial charge in [-0.15, -0.1) is 0 Å². The summed E-state index contributed by atoms with van der Waals surface area (Å²) in [5.74, 6) is 1.16. The average molecular weight is 411 g/mol. The summed E-state index contributed by atoms with van der Waals surface area (Å²) in [6.45, 7) is 4.71. The summed E-state index contributed by atoms with van der Waals surface area (Å²) < 4.78 is 7.55. The van der Waals surface area contributed by atoms with E-state index < -0.39 is 0 Å². The summed E-state index contributed by atoms with van der Waals surface area (Å²) in [6.07, 6.45) is 8.86. The standard InChI is InChI=1S/C25H34N2O3/c1-4-7-17-11-12-18(8-5-2)27(17)24(29)16-26-21-9-6-10-23(28)25(21)20-14-13-19(30-3)15-22(20)26/h13-15,17-18H,4-12,16H2,1-3H3/t17-,18+. The van der Waals surface area contributed by atoms with Gasteiger partial charge in [0.1, 0.15) is 12.3 Å². The van der Waals surface area contributed by atoms with Crippen LogP contribution in [0.1, 0.15) is 81.3 Å². The van der Waals surface area contributed by atoms with Crippen molar-refractivity contribution in [2.45, 2.75) is 90.3 Å². The summed E-state index contributed by atoms with van der Waals surface area (Å²) in [7, 11) is 1.65. The molecule has 2 heterocycles. The normalized spacial score (nSPS) is 21.3. The average Bonchev–Trinajstić information content (AvgIpc) is 3.28. The highest BCUT2D eigenvalue weighted by molar-refractivity contribution is 6.10. The Kier molecular flexibility index (Phi) is 6.16. The molecule has 0 N–H and O–H groups in total. The lowest BCUT2D eigenvalue weighted by Crippen LogP contribution is -2.43. The number of ether oxygens (including phenoxy) is 1. The number of rotatable bonds is 7. The van der Waals surface area contributed by atoms with E-state index in [1.807, 2.05) is 18.2 Å². The first-order valence-electron chi connectivity index (χ1n) is 11.6. The number of hydrogen-bond donors (Lipinski definition) is 0. The van der Waals surface area contributed by atoms with Crippen molar-refractivity contribution in [3.63, 3.8) is 0 Å². The number of amides is 1. The predicted octanol–water partition coefficient (Wildman–Crippen LogP) is 5.13. The first kappa shape index (κ1) is 21.0. The van der Waals surface area contributed by atoms with E-state index in [-0.39, 0.29) is 11.7 Å². The minimum atomic E-state index is 0.199. The van der Waals surface area contributed by atoms with E-state index in [0.717, 1.165) is 79.3 Å². The smallest absolute Gasteiger partial charge is 0.243 e. The van der Waals surface area contributed by atoms with Crippen LogP contribution < -0.4 is 4.74 Å². The van der Waals surface area contributed by atoms with Gasteiger partial charge in [0.15, 0.2) is 5.78 Å². The summed E-state index contributed by atoms with van der Waals surface area (Å²) in [6, 6.07) is 6.57. The van der Waals surface area contributed by atoms with E-state index in [1.54, 1.807) is 7.11 Å². The van der Waals surface area contributed by atoms with Gasteiger partial charge in [-0.2, -0.15) is 0 Å². The predicted molar refractivity (Wildman–Crippen MR) is 119 cm³/mol. The van der Waals surface area contributed by atoms with Crippen molar-refractivity contribution in [3.05, 3.63) is 29.5 Å². The Bertz CT molecular complexity index is 932. The molecule has 4 rings (SSSR count). The Morgan fingerprint density at radius 2 is 1.80 bits per heavy atom. The van der Waals surface area contributed by atoms with Crippen LogP contribution in [-0.2, 0) is 17.8 Å². The fourth-order valence-corrected chi connectivity index (χ4v) is 5.62. The number of methoxy groups -OCH3 is 1. The lowest BCUT2D eigenvalue weighted by molar-refractivity contribution is -0.135. The molecule has 5 heteroatoms. The van der Waals surface area contributed by atoms with Crippen LogP contribution >= 0.6 is 0 Å². The van der Waals surface area contributed by atoms with Crippen LogP contribution in [0.3, 0.4) is 0 Å². The summed E-state index contributed by atoms with van der Waals surface area (Å²) >= 11 is 0. The van der Waals surface area contributed by atoms with E-state index in [2.05, 4.69) is 23.3 Å². The number of aromatic nitrogens is 1. The zero-order chi connectivity index (χ0) is 21.3. The minimum absolute atomic E-state index is 0.199. The third-order valence-corrected chi connectivity index (χ3v) is 6.92. The second-order valence-electron chi connectivity index (χ2n) is 8.83. The number of carbonyl (C=O) groups excluding carboxylic acids is 2. The topological polar surface area (TPSA) is 51.5 Å². The van der Waals surface area contributed by atoms with Gasteiger partial charge >= 0.3 is 0 Å². The Labute approximate surface area is 179 Å². The number of Topliss-reactive ketones (excluding diaryl/α,β-unsaturated/α-hetero) is 1. The number of fused-ring (bicyclic) bond motifs is 3. The molecule has 30 heavy (non-hydrogen) atoms. The van der Waals surface area contributed by atoms with Gasteiger partial charge in [0.25, 0.3) is 0 Å². The van der Waals surface area contributed by atoms with E-state index in [4.69, 9.17) is 4.74 Å². The molecule has 1 aromatic heterocycles. The van der Waals surface area contributed by atoms with Gasteiger partial charge in [-0.25, -0.2) is 0 Å². The zero-order valence-corrected chi connectivity index (χ0v) is 18.6. The first-order chi connectivity index (χ1) is 14.6. The third kappa shape index (κ3) is 3.63. The summed E-state index contributed by atoms with van der Waals surface area (Å²) in [5, 5.41) is 0.958. The van der Waals surface area contributed by atoms with Gasteiger partial charge in [-0.05, 0) is 50.7 Å². The second kappa shape index (κ2) is 8.83. The van der Waals surface area contributed by atoms with Crippen LogP contribution in [0.2, 0.25) is 0 Å². The lowest BCUT2D eigenvalue weighted by Gasteiger charge is -2.31. The van der Waals surface area contributed by atoms with Crippen molar-refractivity contribution in [1.29, 1.82) is 0 Å². The van der Waals surface area contributed by atoms with Gasteiger partial charge in [0.05, 0.1) is 12.6 Å². The molecule has 0 radical (unpaired) electrons. The molecule has 2 aliphatic rings.